The maximum absolute atomic E-state index is 11.9. The van der Waals surface area contributed by atoms with Crippen molar-refractivity contribution in [3.8, 4) is 0 Å². The summed E-state index contributed by atoms with van der Waals surface area (Å²) in [4.78, 5) is 18.2. The van der Waals surface area contributed by atoms with Crippen LogP contribution >= 0.6 is 11.6 Å². The minimum Gasteiger partial charge on any atom is -0.356 e. The lowest BCUT2D eigenvalue weighted by Crippen LogP contribution is -2.41. The van der Waals surface area contributed by atoms with Crippen LogP contribution in [0.1, 0.15) is 37.7 Å². The van der Waals surface area contributed by atoms with Gasteiger partial charge in [0.05, 0.1) is 0 Å². The van der Waals surface area contributed by atoms with Crippen molar-refractivity contribution in [1.29, 1.82) is 0 Å². The van der Waals surface area contributed by atoms with Crippen molar-refractivity contribution in [2.24, 2.45) is 4.99 Å². The third-order valence-corrected chi connectivity index (χ3v) is 4.51. The van der Waals surface area contributed by atoms with Crippen molar-refractivity contribution in [3.05, 3.63) is 34.9 Å². The fraction of sp³-hybridized carbons (Fsp3) is 0.556. The molecule has 1 aromatic carbocycles. The maximum atomic E-state index is 11.9. The lowest BCUT2D eigenvalue weighted by molar-refractivity contribution is -0.121. The van der Waals surface area contributed by atoms with Gasteiger partial charge in [0.2, 0.25) is 5.91 Å². The van der Waals surface area contributed by atoms with E-state index in [1.165, 1.54) is 12.8 Å². The molecule has 0 saturated heterocycles. The Bertz CT molecular complexity index is 553. The molecule has 5 nitrogen and oxygen atoms in total. The highest BCUT2D eigenvalue weighted by molar-refractivity contribution is 6.30. The van der Waals surface area contributed by atoms with Crippen LogP contribution in [0.4, 0.5) is 0 Å². The minimum absolute atomic E-state index is 0.116. The van der Waals surface area contributed by atoms with Crippen molar-refractivity contribution in [3.63, 3.8) is 0 Å². The fourth-order valence-corrected chi connectivity index (χ4v) is 3.11. The van der Waals surface area contributed by atoms with E-state index in [0.29, 0.717) is 19.0 Å². The van der Waals surface area contributed by atoms with Gasteiger partial charge in [-0.2, -0.15) is 0 Å². The van der Waals surface area contributed by atoms with Gasteiger partial charge in [0, 0.05) is 44.7 Å². The predicted octanol–water partition coefficient (Wildman–Crippen LogP) is 2.80. The number of rotatable bonds is 6. The smallest absolute Gasteiger partial charge is 0.221 e. The Morgan fingerprint density at radius 1 is 1.29 bits per heavy atom. The van der Waals surface area contributed by atoms with E-state index in [9.17, 15) is 4.79 Å². The van der Waals surface area contributed by atoms with Crippen molar-refractivity contribution < 1.29 is 4.79 Å². The highest BCUT2D eigenvalue weighted by Crippen LogP contribution is 2.17. The molecule has 1 aromatic rings. The van der Waals surface area contributed by atoms with Crippen LogP contribution in [0, 0.1) is 0 Å². The van der Waals surface area contributed by atoms with Crippen molar-refractivity contribution in [2.45, 2.75) is 44.7 Å². The summed E-state index contributed by atoms with van der Waals surface area (Å²) < 4.78 is 0. The number of benzene rings is 1. The molecule has 1 aliphatic carbocycles. The molecule has 0 radical (unpaired) electrons. The number of guanidine groups is 1. The molecule has 24 heavy (non-hydrogen) atoms. The Morgan fingerprint density at radius 3 is 2.58 bits per heavy atom. The van der Waals surface area contributed by atoms with Gasteiger partial charge in [-0.15, -0.1) is 0 Å². The van der Waals surface area contributed by atoms with E-state index in [2.05, 4.69) is 15.6 Å². The Balaban J connectivity index is 1.72. The molecule has 0 atom stereocenters. The van der Waals surface area contributed by atoms with Crippen LogP contribution in [-0.2, 0) is 11.3 Å². The van der Waals surface area contributed by atoms with E-state index in [1.54, 1.807) is 7.05 Å². The number of nitrogens with zero attached hydrogens (tertiary/aromatic N) is 2. The van der Waals surface area contributed by atoms with Gasteiger partial charge in [-0.3, -0.25) is 9.79 Å². The van der Waals surface area contributed by atoms with Crippen LogP contribution in [0.2, 0.25) is 5.02 Å². The van der Waals surface area contributed by atoms with Gasteiger partial charge in [0.15, 0.2) is 5.96 Å². The molecule has 0 unspecified atom stereocenters. The third kappa shape index (κ3) is 6.04. The van der Waals surface area contributed by atoms with E-state index in [4.69, 9.17) is 11.6 Å². The molecular weight excluding hydrogens is 324 g/mol. The van der Waals surface area contributed by atoms with Crippen LogP contribution in [0.3, 0.4) is 0 Å². The molecule has 1 aliphatic rings. The number of halogens is 1. The summed E-state index contributed by atoms with van der Waals surface area (Å²) in [6, 6.07) is 8.15. The number of nitrogens with one attached hydrogen (secondary N) is 2. The number of hydrogen-bond acceptors (Lipinski definition) is 2. The summed E-state index contributed by atoms with van der Waals surface area (Å²) in [5, 5.41) is 7.08. The second-order valence-corrected chi connectivity index (χ2v) is 6.69. The van der Waals surface area contributed by atoms with Gasteiger partial charge >= 0.3 is 0 Å². The molecule has 0 aromatic heterocycles. The Hall–Kier alpha value is -1.75. The van der Waals surface area contributed by atoms with Crippen molar-refractivity contribution in [2.75, 3.05) is 20.6 Å². The molecule has 6 heteroatoms. The summed E-state index contributed by atoms with van der Waals surface area (Å²) in [5.41, 5.74) is 1.16. The summed E-state index contributed by atoms with van der Waals surface area (Å²) in [7, 11) is 3.72. The Kier molecular flexibility index (Phi) is 7.37. The van der Waals surface area contributed by atoms with E-state index < -0.39 is 0 Å². The lowest BCUT2D eigenvalue weighted by atomic mass is 10.2. The van der Waals surface area contributed by atoms with Crippen LogP contribution in [0.15, 0.2) is 29.3 Å². The van der Waals surface area contributed by atoms with Crippen molar-refractivity contribution >= 4 is 23.5 Å². The highest BCUT2D eigenvalue weighted by Gasteiger charge is 2.16. The largest absolute Gasteiger partial charge is 0.356 e. The molecule has 2 N–H and O–H groups in total. The zero-order valence-electron chi connectivity index (χ0n) is 14.5. The number of carbonyl (C=O) groups is 1. The Morgan fingerprint density at radius 2 is 1.96 bits per heavy atom. The van der Waals surface area contributed by atoms with E-state index >= 15 is 0 Å². The zero-order valence-corrected chi connectivity index (χ0v) is 15.3. The van der Waals surface area contributed by atoms with E-state index in [0.717, 1.165) is 35.9 Å². The van der Waals surface area contributed by atoms with Gasteiger partial charge in [-0.25, -0.2) is 0 Å². The SMILES string of the molecule is CN=C(NCCC(=O)NC1CCCC1)N(C)Cc1ccc(Cl)cc1. The fourth-order valence-electron chi connectivity index (χ4n) is 2.98. The summed E-state index contributed by atoms with van der Waals surface area (Å²) in [5.74, 6) is 0.892. The van der Waals surface area contributed by atoms with Gasteiger partial charge in [-0.1, -0.05) is 36.6 Å². The first-order valence-electron chi connectivity index (χ1n) is 8.54. The standard InChI is InChI=1S/C18H27ClN4O/c1-20-18(23(2)13-14-7-9-15(19)10-8-14)21-12-11-17(24)22-16-5-3-4-6-16/h7-10,16H,3-6,11-13H2,1-2H3,(H,20,21)(H,22,24). The van der Waals surface area contributed by atoms with Crippen LogP contribution in [0.5, 0.6) is 0 Å². The summed E-state index contributed by atoms with van der Waals surface area (Å²) >= 11 is 5.91. The van der Waals surface area contributed by atoms with Gasteiger partial charge in [-0.05, 0) is 30.5 Å². The molecule has 0 spiro atoms. The molecule has 1 fully saturated rings. The van der Waals surface area contributed by atoms with Gasteiger partial charge in [0.25, 0.3) is 0 Å². The predicted molar refractivity (Wildman–Crippen MR) is 99.3 cm³/mol. The Labute approximate surface area is 149 Å². The van der Waals surface area contributed by atoms with E-state index in [1.807, 2.05) is 36.2 Å². The van der Waals surface area contributed by atoms with Gasteiger partial charge < -0.3 is 15.5 Å². The van der Waals surface area contributed by atoms with E-state index in [-0.39, 0.29) is 5.91 Å². The average molecular weight is 351 g/mol. The van der Waals surface area contributed by atoms with Crippen LogP contribution < -0.4 is 10.6 Å². The molecule has 132 valence electrons. The topological polar surface area (TPSA) is 56.7 Å². The maximum Gasteiger partial charge on any atom is 0.221 e. The lowest BCUT2D eigenvalue weighted by Gasteiger charge is -2.22. The quantitative estimate of drug-likeness (QED) is 0.612. The normalized spacial score (nSPS) is 15.4. The van der Waals surface area contributed by atoms with Gasteiger partial charge in [0.1, 0.15) is 0 Å². The monoisotopic (exact) mass is 350 g/mol. The molecule has 0 bridgehead atoms. The number of hydrogen-bond donors (Lipinski definition) is 2. The first kappa shape index (κ1) is 18.6. The van der Waals surface area contributed by atoms with Crippen LogP contribution in [-0.4, -0.2) is 43.4 Å². The first-order chi connectivity index (χ1) is 11.6. The molecule has 1 saturated carbocycles. The molecule has 2 rings (SSSR count). The van der Waals surface area contributed by atoms with Crippen LogP contribution in [0.25, 0.3) is 0 Å². The minimum atomic E-state index is 0.116. The number of amides is 1. The second kappa shape index (κ2) is 9.52. The molecule has 1 amide bonds. The summed E-state index contributed by atoms with van der Waals surface area (Å²) in [6.07, 6.45) is 5.15. The zero-order chi connectivity index (χ0) is 17.4. The average Bonchev–Trinajstić information content (AvgIpc) is 3.06. The third-order valence-electron chi connectivity index (χ3n) is 4.26. The second-order valence-electron chi connectivity index (χ2n) is 6.26. The highest BCUT2D eigenvalue weighted by atomic mass is 35.5. The number of aliphatic imine (C=N–C) groups is 1. The molecule has 0 aliphatic heterocycles. The summed E-state index contributed by atoms with van der Waals surface area (Å²) in [6.45, 7) is 1.31. The number of carbonyl (C=O) groups excluding carboxylic acids is 1. The first-order valence-corrected chi connectivity index (χ1v) is 8.92. The molecule has 0 heterocycles. The van der Waals surface area contributed by atoms with Crippen molar-refractivity contribution in [1.82, 2.24) is 15.5 Å². The molecular formula is C18H27ClN4O.